The van der Waals surface area contributed by atoms with Crippen molar-refractivity contribution in [2.24, 2.45) is 0 Å². The highest BCUT2D eigenvalue weighted by Crippen LogP contribution is 2.21. The highest BCUT2D eigenvalue weighted by molar-refractivity contribution is 9.10. The van der Waals surface area contributed by atoms with Gasteiger partial charge in [-0.25, -0.2) is 0 Å². The van der Waals surface area contributed by atoms with Crippen LogP contribution in [0.4, 0.5) is 5.69 Å². The third-order valence-electron chi connectivity index (χ3n) is 3.07. The second-order valence-corrected chi connectivity index (χ2v) is 6.82. The second kappa shape index (κ2) is 10.0. The van der Waals surface area contributed by atoms with Gasteiger partial charge in [-0.1, -0.05) is 34.1 Å². The number of nitrogens with one attached hydrogen (secondary N) is 4. The van der Waals surface area contributed by atoms with Crippen LogP contribution in [0.1, 0.15) is 5.56 Å². The van der Waals surface area contributed by atoms with Gasteiger partial charge in [-0.2, -0.15) is 0 Å². The van der Waals surface area contributed by atoms with Crippen LogP contribution in [-0.2, 0) is 4.79 Å². The van der Waals surface area contributed by atoms with Crippen molar-refractivity contribution < 1.29 is 9.53 Å². The zero-order valence-electron chi connectivity index (χ0n) is 13.8. The lowest BCUT2D eigenvalue weighted by Gasteiger charge is -2.14. The molecule has 9 heteroatoms. The fourth-order valence-corrected chi connectivity index (χ4v) is 2.43. The number of carbonyl (C=O) groups excluding carboxylic acids is 1. The predicted octanol–water partition coefficient (Wildman–Crippen LogP) is 3.03. The second-order valence-electron chi connectivity index (χ2n) is 5.15. The Labute approximate surface area is 170 Å². The molecule has 1 amide bonds. The zero-order chi connectivity index (χ0) is 18.9. The van der Waals surface area contributed by atoms with E-state index in [0.29, 0.717) is 10.9 Å². The molecule has 4 N–H and O–H groups in total. The molecule has 0 aliphatic heterocycles. The number of halogens is 1. The number of ether oxygens (including phenoxy) is 1. The van der Waals surface area contributed by atoms with Crippen molar-refractivity contribution in [2.45, 2.75) is 6.92 Å². The van der Waals surface area contributed by atoms with Crippen LogP contribution in [0, 0.1) is 6.92 Å². The van der Waals surface area contributed by atoms with E-state index >= 15 is 0 Å². The number of amides is 1. The molecule has 0 saturated carbocycles. The molecule has 0 saturated heterocycles. The molecule has 6 nitrogen and oxygen atoms in total. The molecular formula is C17H17BrN4O2S2. The minimum absolute atomic E-state index is 0.0859. The first-order valence-corrected chi connectivity index (χ1v) is 9.16. The summed E-state index contributed by atoms with van der Waals surface area (Å²) in [5, 5.41) is 5.86. The molecule has 0 radical (unpaired) electrons. The van der Waals surface area contributed by atoms with E-state index in [4.69, 9.17) is 29.2 Å². The fourth-order valence-electron chi connectivity index (χ4n) is 1.85. The number of benzene rings is 2. The van der Waals surface area contributed by atoms with Crippen molar-refractivity contribution in [3.63, 3.8) is 0 Å². The van der Waals surface area contributed by atoms with Gasteiger partial charge in [-0.05, 0) is 67.3 Å². The highest BCUT2D eigenvalue weighted by Gasteiger charge is 2.07. The molecule has 0 heterocycles. The Balaban J connectivity index is 1.69. The Bertz CT molecular complexity index is 803. The topological polar surface area (TPSA) is 74.4 Å². The molecule has 26 heavy (non-hydrogen) atoms. The number of anilines is 1. The van der Waals surface area contributed by atoms with Gasteiger partial charge in [0, 0.05) is 10.2 Å². The minimum atomic E-state index is -0.383. The van der Waals surface area contributed by atoms with Crippen LogP contribution < -0.4 is 26.2 Å². The quantitative estimate of drug-likeness (QED) is 0.419. The Kier molecular flexibility index (Phi) is 7.76. The lowest BCUT2D eigenvalue weighted by Crippen LogP contribution is -2.50. The van der Waals surface area contributed by atoms with E-state index in [2.05, 4.69) is 37.4 Å². The van der Waals surface area contributed by atoms with Crippen molar-refractivity contribution in [3.05, 3.63) is 58.6 Å². The van der Waals surface area contributed by atoms with Crippen molar-refractivity contribution in [1.29, 1.82) is 0 Å². The smallest absolute Gasteiger partial charge is 0.264 e. The molecule has 2 aromatic rings. The largest absolute Gasteiger partial charge is 0.484 e. The first-order chi connectivity index (χ1) is 12.4. The maximum absolute atomic E-state index is 11.9. The first-order valence-electron chi connectivity index (χ1n) is 7.55. The number of rotatable bonds is 4. The maximum Gasteiger partial charge on any atom is 0.264 e. The van der Waals surface area contributed by atoms with Crippen LogP contribution in [0.5, 0.6) is 5.75 Å². The van der Waals surface area contributed by atoms with E-state index in [9.17, 15) is 4.79 Å². The van der Waals surface area contributed by atoms with E-state index in [1.165, 1.54) is 0 Å². The maximum atomic E-state index is 11.9. The average Bonchev–Trinajstić information content (AvgIpc) is 2.62. The monoisotopic (exact) mass is 452 g/mol. The van der Waals surface area contributed by atoms with Crippen LogP contribution in [0.15, 0.2) is 53.0 Å². The van der Waals surface area contributed by atoms with Gasteiger partial charge in [0.25, 0.3) is 5.91 Å². The number of para-hydroxylation sites is 1. The number of thiocarbonyl (C=S) groups is 2. The number of aryl methyl sites for hydroxylation is 1. The zero-order valence-corrected chi connectivity index (χ0v) is 17.1. The number of carbonyl (C=O) groups is 1. The molecule has 2 aromatic carbocycles. The molecule has 0 bridgehead atoms. The number of hydrogen-bond acceptors (Lipinski definition) is 4. The first kappa shape index (κ1) is 20.1. The Morgan fingerprint density at radius 3 is 2.46 bits per heavy atom. The predicted molar refractivity (Wildman–Crippen MR) is 114 cm³/mol. The summed E-state index contributed by atoms with van der Waals surface area (Å²) in [6.07, 6.45) is 0. The fraction of sp³-hybridized carbons (Fsp3) is 0.118. The van der Waals surface area contributed by atoms with E-state index in [-0.39, 0.29) is 17.6 Å². The normalized spacial score (nSPS) is 9.77. The molecule has 0 aliphatic carbocycles. The van der Waals surface area contributed by atoms with Crippen molar-refractivity contribution in [1.82, 2.24) is 16.2 Å². The van der Waals surface area contributed by atoms with Gasteiger partial charge in [0.15, 0.2) is 16.8 Å². The Hall–Kier alpha value is -2.23. The molecule has 0 spiro atoms. The van der Waals surface area contributed by atoms with Gasteiger partial charge in [0.1, 0.15) is 5.75 Å². The molecule has 0 atom stereocenters. The lowest BCUT2D eigenvalue weighted by atomic mass is 10.2. The third-order valence-corrected chi connectivity index (χ3v) is 4.37. The van der Waals surface area contributed by atoms with Gasteiger partial charge in [0.05, 0.1) is 0 Å². The molecule has 2 rings (SSSR count). The molecule has 0 aliphatic rings. The molecular weight excluding hydrogens is 436 g/mol. The molecule has 0 unspecified atom stereocenters. The van der Waals surface area contributed by atoms with Crippen LogP contribution in [0.25, 0.3) is 0 Å². The Morgan fingerprint density at radius 2 is 1.77 bits per heavy atom. The summed E-state index contributed by atoms with van der Waals surface area (Å²) < 4.78 is 6.41. The third kappa shape index (κ3) is 6.95. The lowest BCUT2D eigenvalue weighted by molar-refractivity contribution is -0.121. The number of hydrogen-bond donors (Lipinski definition) is 4. The van der Waals surface area contributed by atoms with Crippen molar-refractivity contribution in [2.75, 3.05) is 11.9 Å². The van der Waals surface area contributed by atoms with Crippen LogP contribution in [0.2, 0.25) is 0 Å². The van der Waals surface area contributed by atoms with Crippen molar-refractivity contribution >= 4 is 62.2 Å². The molecule has 0 aromatic heterocycles. The van der Waals surface area contributed by atoms with E-state index in [0.717, 1.165) is 15.7 Å². The van der Waals surface area contributed by atoms with E-state index in [1.54, 1.807) is 6.07 Å². The van der Waals surface area contributed by atoms with Crippen LogP contribution in [-0.4, -0.2) is 22.7 Å². The van der Waals surface area contributed by atoms with Gasteiger partial charge in [-0.15, -0.1) is 0 Å². The molecule has 136 valence electrons. The summed E-state index contributed by atoms with van der Waals surface area (Å²) in [4.78, 5) is 11.9. The average molecular weight is 453 g/mol. The molecule has 0 fully saturated rings. The standard InChI is InChI=1S/C17H17BrN4O2S2/c1-11-9-13(7-8-14(11)18)24-10-15(23)20-17(26)22-21-16(25)19-12-5-3-2-4-6-12/h2-9H,10H2,1H3,(H2,19,21,25)(H2,20,22,23,26). The van der Waals surface area contributed by atoms with Crippen molar-refractivity contribution in [3.8, 4) is 5.75 Å². The highest BCUT2D eigenvalue weighted by atomic mass is 79.9. The van der Waals surface area contributed by atoms with Gasteiger partial charge < -0.3 is 10.1 Å². The summed E-state index contributed by atoms with van der Waals surface area (Å²) >= 11 is 13.6. The van der Waals surface area contributed by atoms with Crippen LogP contribution in [0.3, 0.4) is 0 Å². The van der Waals surface area contributed by atoms with E-state index < -0.39 is 0 Å². The number of hydrazine groups is 1. The van der Waals surface area contributed by atoms with Gasteiger partial charge in [0.2, 0.25) is 0 Å². The SMILES string of the molecule is Cc1cc(OCC(=O)NC(=S)NNC(=S)Nc2ccccc2)ccc1Br. The van der Waals surface area contributed by atoms with Gasteiger partial charge >= 0.3 is 0 Å². The summed E-state index contributed by atoms with van der Waals surface area (Å²) in [5.74, 6) is 0.220. The van der Waals surface area contributed by atoms with E-state index in [1.807, 2.05) is 49.4 Å². The summed E-state index contributed by atoms with van der Waals surface area (Å²) in [6.45, 7) is 1.78. The Morgan fingerprint density at radius 1 is 1.08 bits per heavy atom. The minimum Gasteiger partial charge on any atom is -0.484 e. The summed E-state index contributed by atoms with van der Waals surface area (Å²) in [7, 11) is 0. The van der Waals surface area contributed by atoms with Crippen LogP contribution >= 0.6 is 40.4 Å². The summed E-state index contributed by atoms with van der Waals surface area (Å²) in [5.41, 5.74) is 7.18. The van der Waals surface area contributed by atoms with Gasteiger partial charge in [-0.3, -0.25) is 21.0 Å². The summed E-state index contributed by atoms with van der Waals surface area (Å²) in [6, 6.07) is 14.9.